The molecular weight excluding hydrogens is 374 g/mol. The number of anilines is 1. The van der Waals surface area contributed by atoms with Gasteiger partial charge in [0, 0.05) is 23.8 Å². The molecule has 2 aromatic carbocycles. The van der Waals surface area contributed by atoms with Gasteiger partial charge in [0.1, 0.15) is 0 Å². The Morgan fingerprint density at radius 3 is 2.36 bits per heavy atom. The summed E-state index contributed by atoms with van der Waals surface area (Å²) in [6.07, 6.45) is 1.76. The number of carbonyl (C=O) groups excluding carboxylic acids is 1. The van der Waals surface area contributed by atoms with Gasteiger partial charge in [-0.15, -0.1) is 0 Å². The quantitative estimate of drug-likeness (QED) is 0.676. The van der Waals surface area contributed by atoms with E-state index < -0.39 is 10.0 Å². The monoisotopic (exact) mass is 401 g/mol. The van der Waals surface area contributed by atoms with Crippen molar-refractivity contribution in [2.45, 2.75) is 44.2 Å². The van der Waals surface area contributed by atoms with Crippen LogP contribution in [0.3, 0.4) is 0 Å². The van der Waals surface area contributed by atoms with Gasteiger partial charge in [-0.05, 0) is 67.9 Å². The number of rotatable bonds is 9. The van der Waals surface area contributed by atoms with Crippen molar-refractivity contribution in [1.82, 2.24) is 9.62 Å². The number of hydrogen-bond donors (Lipinski definition) is 2. The molecule has 2 N–H and O–H groups in total. The van der Waals surface area contributed by atoms with E-state index in [0.717, 1.165) is 43.7 Å². The Hall–Kier alpha value is -2.22. The fourth-order valence-corrected chi connectivity index (χ4v) is 4.24. The smallest absolute Gasteiger partial charge is 0.255 e. The molecule has 0 unspecified atom stereocenters. The Morgan fingerprint density at radius 1 is 1.07 bits per heavy atom. The number of hydrogen-bond acceptors (Lipinski definition) is 4. The van der Waals surface area contributed by atoms with Gasteiger partial charge in [-0.25, -0.2) is 13.1 Å². The fourth-order valence-electron chi connectivity index (χ4n) is 2.93. The average Bonchev–Trinajstić information content (AvgIpc) is 3.50. The fraction of sp³-hybridized carbons (Fsp3) is 0.381. The first-order valence-electron chi connectivity index (χ1n) is 9.66. The normalized spacial score (nSPS) is 14.2. The van der Waals surface area contributed by atoms with Crippen molar-refractivity contribution in [1.29, 1.82) is 0 Å². The van der Waals surface area contributed by atoms with E-state index >= 15 is 0 Å². The second-order valence-corrected chi connectivity index (χ2v) is 8.75. The second-order valence-electron chi connectivity index (χ2n) is 7.04. The Bertz CT molecular complexity index is 918. The van der Waals surface area contributed by atoms with Gasteiger partial charge in [-0.1, -0.05) is 26.0 Å². The van der Waals surface area contributed by atoms with Crippen LogP contribution < -0.4 is 10.0 Å². The largest absolute Gasteiger partial charge is 0.322 e. The SMILES string of the molecule is CCN(CC)Cc1cccc(NC(=O)c2ccc(S(=O)(=O)NC3CC3)cc2)c1. The molecule has 0 spiro atoms. The molecule has 0 aliphatic heterocycles. The van der Waals surface area contributed by atoms with Gasteiger partial charge in [0.15, 0.2) is 0 Å². The summed E-state index contributed by atoms with van der Waals surface area (Å²) < 4.78 is 27.1. The van der Waals surface area contributed by atoms with Crippen molar-refractivity contribution < 1.29 is 13.2 Å². The lowest BCUT2D eigenvalue weighted by atomic mass is 10.1. The minimum absolute atomic E-state index is 0.0524. The molecule has 1 fully saturated rings. The van der Waals surface area contributed by atoms with Gasteiger partial charge < -0.3 is 5.32 Å². The number of nitrogens with zero attached hydrogens (tertiary/aromatic N) is 1. The van der Waals surface area contributed by atoms with Crippen molar-refractivity contribution in [3.05, 3.63) is 59.7 Å². The first-order chi connectivity index (χ1) is 13.4. The van der Waals surface area contributed by atoms with E-state index in [9.17, 15) is 13.2 Å². The van der Waals surface area contributed by atoms with Crippen LogP contribution in [0.5, 0.6) is 0 Å². The summed E-state index contributed by atoms with van der Waals surface area (Å²) in [6, 6.07) is 13.8. The van der Waals surface area contributed by atoms with E-state index in [0.29, 0.717) is 5.56 Å². The second kappa shape index (κ2) is 8.86. The molecule has 1 aliphatic carbocycles. The molecule has 0 heterocycles. The number of benzene rings is 2. The van der Waals surface area contributed by atoms with Crippen molar-refractivity contribution in [2.24, 2.45) is 0 Å². The van der Waals surface area contributed by atoms with Crippen molar-refractivity contribution >= 4 is 21.6 Å². The van der Waals surface area contributed by atoms with E-state index in [1.807, 2.05) is 24.3 Å². The summed E-state index contributed by atoms with van der Waals surface area (Å²) in [5.41, 5.74) is 2.27. The van der Waals surface area contributed by atoms with Crippen LogP contribution >= 0.6 is 0 Å². The minimum atomic E-state index is -3.51. The molecule has 150 valence electrons. The van der Waals surface area contributed by atoms with Gasteiger partial charge in [0.2, 0.25) is 10.0 Å². The highest BCUT2D eigenvalue weighted by Gasteiger charge is 2.27. The summed E-state index contributed by atoms with van der Waals surface area (Å²) in [5, 5.41) is 2.89. The number of amides is 1. The summed E-state index contributed by atoms with van der Waals surface area (Å²) in [4.78, 5) is 15.0. The van der Waals surface area contributed by atoms with Crippen molar-refractivity contribution in [3.8, 4) is 0 Å². The first kappa shape index (κ1) is 20.5. The number of nitrogens with one attached hydrogen (secondary N) is 2. The van der Waals surface area contributed by atoms with Crippen LogP contribution in [-0.4, -0.2) is 38.4 Å². The molecule has 0 saturated heterocycles. The van der Waals surface area contributed by atoms with Gasteiger partial charge in [0.25, 0.3) is 5.91 Å². The van der Waals surface area contributed by atoms with Gasteiger partial charge in [-0.3, -0.25) is 9.69 Å². The zero-order valence-electron chi connectivity index (χ0n) is 16.3. The highest BCUT2D eigenvalue weighted by atomic mass is 32.2. The highest BCUT2D eigenvalue weighted by molar-refractivity contribution is 7.89. The molecule has 0 bridgehead atoms. The lowest BCUT2D eigenvalue weighted by Crippen LogP contribution is -2.25. The van der Waals surface area contributed by atoms with Crippen LogP contribution in [0.4, 0.5) is 5.69 Å². The molecule has 28 heavy (non-hydrogen) atoms. The summed E-state index contributed by atoms with van der Waals surface area (Å²) in [7, 11) is -3.51. The van der Waals surface area contributed by atoms with Gasteiger partial charge >= 0.3 is 0 Å². The zero-order chi connectivity index (χ0) is 20.1. The minimum Gasteiger partial charge on any atom is -0.322 e. The molecule has 1 saturated carbocycles. The summed E-state index contributed by atoms with van der Waals surface area (Å²) >= 11 is 0. The Morgan fingerprint density at radius 2 is 1.75 bits per heavy atom. The Kier molecular flexibility index (Phi) is 6.49. The third kappa shape index (κ3) is 5.41. The Balaban J connectivity index is 1.66. The van der Waals surface area contributed by atoms with Crippen LogP contribution in [0.1, 0.15) is 42.6 Å². The topological polar surface area (TPSA) is 78.5 Å². The van der Waals surface area contributed by atoms with Crippen LogP contribution in [0.25, 0.3) is 0 Å². The Labute approximate surface area is 167 Å². The van der Waals surface area contributed by atoms with E-state index in [1.165, 1.54) is 24.3 Å². The summed E-state index contributed by atoms with van der Waals surface area (Å²) in [6.45, 7) is 7.02. The first-order valence-corrected chi connectivity index (χ1v) is 11.1. The zero-order valence-corrected chi connectivity index (χ0v) is 17.1. The van der Waals surface area contributed by atoms with Crippen LogP contribution in [0.15, 0.2) is 53.4 Å². The lowest BCUT2D eigenvalue weighted by Gasteiger charge is -2.18. The lowest BCUT2D eigenvalue weighted by molar-refractivity contribution is 0.102. The molecule has 6 nitrogen and oxygen atoms in total. The standard InChI is InChI=1S/C21H27N3O3S/c1-3-24(4-2)15-16-6-5-7-19(14-16)22-21(25)17-8-12-20(13-9-17)28(26,27)23-18-10-11-18/h5-9,12-14,18,23H,3-4,10-11,15H2,1-2H3,(H,22,25). The molecule has 1 amide bonds. The van der Waals surface area contributed by atoms with Gasteiger partial charge in [0.05, 0.1) is 4.90 Å². The maximum Gasteiger partial charge on any atom is 0.255 e. The van der Waals surface area contributed by atoms with E-state index in [2.05, 4.69) is 28.8 Å². The maximum atomic E-state index is 12.5. The van der Waals surface area contributed by atoms with Crippen LogP contribution in [-0.2, 0) is 16.6 Å². The number of carbonyl (C=O) groups is 1. The van der Waals surface area contributed by atoms with E-state index in [-0.39, 0.29) is 16.8 Å². The molecule has 3 rings (SSSR count). The van der Waals surface area contributed by atoms with E-state index in [4.69, 9.17) is 0 Å². The summed E-state index contributed by atoms with van der Waals surface area (Å²) in [5.74, 6) is -0.265. The molecule has 1 aliphatic rings. The maximum absolute atomic E-state index is 12.5. The third-order valence-corrected chi connectivity index (χ3v) is 6.35. The van der Waals surface area contributed by atoms with Crippen LogP contribution in [0, 0.1) is 0 Å². The molecule has 0 radical (unpaired) electrons. The predicted molar refractivity (Wildman–Crippen MR) is 111 cm³/mol. The number of sulfonamides is 1. The van der Waals surface area contributed by atoms with Crippen molar-refractivity contribution in [3.63, 3.8) is 0 Å². The highest BCUT2D eigenvalue weighted by Crippen LogP contribution is 2.22. The van der Waals surface area contributed by atoms with Crippen molar-refractivity contribution in [2.75, 3.05) is 18.4 Å². The molecule has 2 aromatic rings. The average molecular weight is 402 g/mol. The molecule has 7 heteroatoms. The molecular formula is C21H27N3O3S. The molecule has 0 atom stereocenters. The van der Waals surface area contributed by atoms with Crippen LogP contribution in [0.2, 0.25) is 0 Å². The van der Waals surface area contributed by atoms with Gasteiger partial charge in [-0.2, -0.15) is 0 Å². The predicted octanol–water partition coefficient (Wildman–Crippen LogP) is 3.22. The molecule has 0 aromatic heterocycles. The van der Waals surface area contributed by atoms with E-state index in [1.54, 1.807) is 0 Å². The third-order valence-electron chi connectivity index (χ3n) is 4.81.